The van der Waals surface area contributed by atoms with Crippen LogP contribution in [0.3, 0.4) is 0 Å². The highest BCUT2D eigenvalue weighted by Crippen LogP contribution is 2.34. The van der Waals surface area contributed by atoms with Gasteiger partial charge in [0.2, 0.25) is 0 Å². The summed E-state index contributed by atoms with van der Waals surface area (Å²) in [6.45, 7) is 3.91. The molecule has 1 unspecified atom stereocenters. The fraction of sp³-hybridized carbons (Fsp3) is 0.500. The molecular weight excluding hydrogens is 228 g/mol. The Morgan fingerprint density at radius 1 is 1.28 bits per heavy atom. The molecule has 1 amide bonds. The topological polar surface area (TPSA) is 50.4 Å². The van der Waals surface area contributed by atoms with Crippen LogP contribution in [0.4, 0.5) is 5.69 Å². The summed E-state index contributed by atoms with van der Waals surface area (Å²) in [4.78, 5) is 11.6. The first-order valence-electron chi connectivity index (χ1n) is 6.56. The highest BCUT2D eigenvalue weighted by atomic mass is 16.5. The average molecular weight is 246 g/mol. The van der Waals surface area contributed by atoms with Crippen LogP contribution in [0, 0.1) is 0 Å². The second-order valence-corrected chi connectivity index (χ2v) is 5.03. The SMILES string of the molecule is CC1Oc2ccc(C3CCNCC3)cc2NC1=O. The molecule has 2 N–H and O–H groups in total. The molecule has 1 fully saturated rings. The number of hydrogen-bond acceptors (Lipinski definition) is 3. The molecule has 1 atom stereocenters. The van der Waals surface area contributed by atoms with Gasteiger partial charge in [0.1, 0.15) is 5.75 Å². The number of nitrogens with one attached hydrogen (secondary N) is 2. The van der Waals surface area contributed by atoms with Crippen molar-refractivity contribution in [3.05, 3.63) is 23.8 Å². The van der Waals surface area contributed by atoms with Gasteiger partial charge >= 0.3 is 0 Å². The van der Waals surface area contributed by atoms with Gasteiger partial charge < -0.3 is 15.4 Å². The van der Waals surface area contributed by atoms with Crippen molar-refractivity contribution in [2.75, 3.05) is 18.4 Å². The number of carbonyl (C=O) groups excluding carboxylic acids is 1. The number of amides is 1. The Morgan fingerprint density at radius 3 is 2.83 bits per heavy atom. The lowest BCUT2D eigenvalue weighted by Crippen LogP contribution is -2.34. The summed E-state index contributed by atoms with van der Waals surface area (Å²) in [7, 11) is 0. The largest absolute Gasteiger partial charge is 0.479 e. The number of carbonyl (C=O) groups is 1. The standard InChI is InChI=1S/C14H18N2O2/c1-9-14(17)16-12-8-11(2-3-13(12)18-9)10-4-6-15-7-5-10/h2-3,8-10,15H,4-7H2,1H3,(H,16,17). The van der Waals surface area contributed by atoms with Crippen molar-refractivity contribution in [3.8, 4) is 5.75 Å². The second kappa shape index (κ2) is 4.61. The number of piperidine rings is 1. The zero-order valence-electron chi connectivity index (χ0n) is 10.5. The first-order valence-corrected chi connectivity index (χ1v) is 6.56. The van der Waals surface area contributed by atoms with Crippen molar-refractivity contribution in [1.29, 1.82) is 0 Å². The van der Waals surface area contributed by atoms with Gasteiger partial charge in [-0.25, -0.2) is 0 Å². The van der Waals surface area contributed by atoms with E-state index in [-0.39, 0.29) is 5.91 Å². The lowest BCUT2D eigenvalue weighted by atomic mass is 9.90. The van der Waals surface area contributed by atoms with E-state index in [1.54, 1.807) is 6.92 Å². The second-order valence-electron chi connectivity index (χ2n) is 5.03. The van der Waals surface area contributed by atoms with E-state index in [9.17, 15) is 4.79 Å². The number of fused-ring (bicyclic) bond motifs is 1. The van der Waals surface area contributed by atoms with Gasteiger partial charge in [0.15, 0.2) is 6.10 Å². The Morgan fingerprint density at radius 2 is 2.06 bits per heavy atom. The van der Waals surface area contributed by atoms with Crippen LogP contribution in [0.15, 0.2) is 18.2 Å². The summed E-state index contributed by atoms with van der Waals surface area (Å²) in [5.74, 6) is 1.30. The van der Waals surface area contributed by atoms with Gasteiger partial charge in [-0.3, -0.25) is 4.79 Å². The molecule has 4 nitrogen and oxygen atoms in total. The summed E-state index contributed by atoms with van der Waals surface area (Å²) in [5.41, 5.74) is 2.11. The highest BCUT2D eigenvalue weighted by Gasteiger charge is 2.24. The predicted molar refractivity (Wildman–Crippen MR) is 70.0 cm³/mol. The highest BCUT2D eigenvalue weighted by molar-refractivity contribution is 5.97. The van der Waals surface area contributed by atoms with Crippen molar-refractivity contribution in [2.24, 2.45) is 0 Å². The normalized spacial score (nSPS) is 24.1. The molecule has 1 aromatic carbocycles. The third-order valence-corrected chi connectivity index (χ3v) is 3.75. The molecule has 2 aliphatic rings. The Bertz CT molecular complexity index is 467. The molecule has 2 aliphatic heterocycles. The minimum atomic E-state index is -0.401. The number of hydrogen-bond donors (Lipinski definition) is 2. The molecule has 0 saturated carbocycles. The molecule has 0 aliphatic carbocycles. The van der Waals surface area contributed by atoms with Crippen molar-refractivity contribution in [3.63, 3.8) is 0 Å². The van der Waals surface area contributed by atoms with Crippen molar-refractivity contribution >= 4 is 11.6 Å². The van der Waals surface area contributed by atoms with Crippen LogP contribution in [-0.4, -0.2) is 25.1 Å². The number of anilines is 1. The molecule has 0 spiro atoms. The third kappa shape index (κ3) is 2.08. The monoisotopic (exact) mass is 246 g/mol. The number of benzene rings is 1. The maximum atomic E-state index is 11.6. The predicted octanol–water partition coefficient (Wildman–Crippen LogP) is 1.87. The lowest BCUT2D eigenvalue weighted by molar-refractivity contribution is -0.122. The fourth-order valence-corrected chi connectivity index (χ4v) is 2.64. The van der Waals surface area contributed by atoms with Crippen molar-refractivity contribution < 1.29 is 9.53 Å². The van der Waals surface area contributed by atoms with Crippen LogP contribution in [-0.2, 0) is 4.79 Å². The molecule has 1 aromatic rings. The van der Waals surface area contributed by atoms with E-state index in [4.69, 9.17) is 4.74 Å². The van der Waals surface area contributed by atoms with Gasteiger partial charge in [0, 0.05) is 0 Å². The number of ether oxygens (including phenoxy) is 1. The van der Waals surface area contributed by atoms with Crippen LogP contribution >= 0.6 is 0 Å². The molecule has 1 saturated heterocycles. The summed E-state index contributed by atoms with van der Waals surface area (Å²) in [6.07, 6.45) is 1.91. The summed E-state index contributed by atoms with van der Waals surface area (Å²) < 4.78 is 5.56. The fourth-order valence-electron chi connectivity index (χ4n) is 2.64. The molecular formula is C14H18N2O2. The average Bonchev–Trinajstić information content (AvgIpc) is 2.41. The minimum absolute atomic E-state index is 0.0649. The molecule has 0 aromatic heterocycles. The third-order valence-electron chi connectivity index (χ3n) is 3.75. The Labute approximate surface area is 107 Å². The molecule has 3 rings (SSSR count). The molecule has 0 bridgehead atoms. The van der Waals surface area contributed by atoms with Crippen LogP contribution in [0.25, 0.3) is 0 Å². The Kier molecular flexibility index (Phi) is 2.96. The van der Waals surface area contributed by atoms with Gasteiger partial charge in [-0.2, -0.15) is 0 Å². The van der Waals surface area contributed by atoms with E-state index in [0.29, 0.717) is 5.92 Å². The van der Waals surface area contributed by atoms with Gasteiger partial charge in [-0.15, -0.1) is 0 Å². The minimum Gasteiger partial charge on any atom is -0.479 e. The summed E-state index contributed by atoms with van der Waals surface area (Å²) in [5, 5.41) is 6.27. The van der Waals surface area contributed by atoms with E-state index >= 15 is 0 Å². The maximum absolute atomic E-state index is 11.6. The molecule has 4 heteroatoms. The molecule has 18 heavy (non-hydrogen) atoms. The van der Waals surface area contributed by atoms with E-state index in [0.717, 1.165) is 37.4 Å². The molecule has 96 valence electrons. The van der Waals surface area contributed by atoms with Gasteiger partial charge in [0.05, 0.1) is 5.69 Å². The first kappa shape index (κ1) is 11.5. The zero-order chi connectivity index (χ0) is 12.5. The number of rotatable bonds is 1. The van der Waals surface area contributed by atoms with Gasteiger partial charge in [-0.1, -0.05) is 6.07 Å². The van der Waals surface area contributed by atoms with E-state index in [2.05, 4.69) is 22.8 Å². The van der Waals surface area contributed by atoms with E-state index < -0.39 is 6.10 Å². The summed E-state index contributed by atoms with van der Waals surface area (Å²) >= 11 is 0. The molecule has 0 radical (unpaired) electrons. The zero-order valence-corrected chi connectivity index (χ0v) is 10.5. The lowest BCUT2D eigenvalue weighted by Gasteiger charge is -2.27. The quantitative estimate of drug-likeness (QED) is 0.795. The van der Waals surface area contributed by atoms with Crippen molar-refractivity contribution in [2.45, 2.75) is 31.8 Å². The van der Waals surface area contributed by atoms with E-state index in [1.807, 2.05) is 6.07 Å². The van der Waals surface area contributed by atoms with Gasteiger partial charge in [-0.05, 0) is 56.5 Å². The van der Waals surface area contributed by atoms with Crippen LogP contribution in [0.5, 0.6) is 5.75 Å². The summed E-state index contributed by atoms with van der Waals surface area (Å²) in [6, 6.07) is 6.16. The molecule has 2 heterocycles. The maximum Gasteiger partial charge on any atom is 0.265 e. The van der Waals surface area contributed by atoms with Crippen LogP contribution in [0.2, 0.25) is 0 Å². The Hall–Kier alpha value is -1.55. The van der Waals surface area contributed by atoms with Crippen molar-refractivity contribution in [1.82, 2.24) is 5.32 Å². The van der Waals surface area contributed by atoms with Crippen LogP contribution < -0.4 is 15.4 Å². The smallest absolute Gasteiger partial charge is 0.265 e. The Balaban J connectivity index is 1.86. The van der Waals surface area contributed by atoms with Gasteiger partial charge in [0.25, 0.3) is 5.91 Å². The van der Waals surface area contributed by atoms with Crippen LogP contribution in [0.1, 0.15) is 31.2 Å². The first-order chi connectivity index (χ1) is 8.74. The van der Waals surface area contributed by atoms with E-state index in [1.165, 1.54) is 5.56 Å².